The van der Waals surface area contributed by atoms with Gasteiger partial charge in [0.15, 0.2) is 0 Å². The molecular formula is C26H23N3O2. The van der Waals surface area contributed by atoms with Crippen molar-refractivity contribution >= 4 is 11.0 Å². The number of rotatable bonds is 4. The van der Waals surface area contributed by atoms with Crippen molar-refractivity contribution in [3.63, 3.8) is 0 Å². The molecule has 0 bridgehead atoms. The van der Waals surface area contributed by atoms with Gasteiger partial charge in [0, 0.05) is 30.1 Å². The Balaban J connectivity index is 1.52. The molecule has 0 amide bonds. The monoisotopic (exact) mass is 409 g/mol. The van der Waals surface area contributed by atoms with Gasteiger partial charge in [-0.3, -0.25) is 0 Å². The summed E-state index contributed by atoms with van der Waals surface area (Å²) in [5.74, 6) is 0.637. The molecule has 4 aromatic rings. The van der Waals surface area contributed by atoms with Crippen molar-refractivity contribution in [2.75, 3.05) is 13.2 Å². The molecule has 5 nitrogen and oxygen atoms in total. The third kappa shape index (κ3) is 3.90. The van der Waals surface area contributed by atoms with Gasteiger partial charge in [0.25, 0.3) is 0 Å². The number of benzene rings is 2. The molecule has 1 saturated heterocycles. The summed E-state index contributed by atoms with van der Waals surface area (Å²) in [6.07, 6.45) is 3.60. The van der Waals surface area contributed by atoms with E-state index in [2.05, 4.69) is 53.3 Å². The van der Waals surface area contributed by atoms with Crippen LogP contribution in [0.15, 0.2) is 60.8 Å². The minimum absolute atomic E-state index is 0.0980. The first-order valence-electron chi connectivity index (χ1n) is 10.5. The minimum atomic E-state index is 0.0980. The van der Waals surface area contributed by atoms with Crippen molar-refractivity contribution in [1.29, 1.82) is 5.26 Å². The highest BCUT2D eigenvalue weighted by Gasteiger charge is 2.18. The Morgan fingerprint density at radius 3 is 2.74 bits per heavy atom. The van der Waals surface area contributed by atoms with Crippen LogP contribution in [0.25, 0.3) is 33.4 Å². The number of pyridine rings is 1. The summed E-state index contributed by atoms with van der Waals surface area (Å²) in [6, 6.07) is 20.6. The molecule has 1 N–H and O–H groups in total. The molecule has 5 rings (SSSR count). The van der Waals surface area contributed by atoms with Gasteiger partial charge in [-0.05, 0) is 53.9 Å². The molecule has 0 radical (unpaired) electrons. The highest BCUT2D eigenvalue weighted by atomic mass is 16.5. The van der Waals surface area contributed by atoms with E-state index in [-0.39, 0.29) is 6.10 Å². The molecule has 1 fully saturated rings. The maximum atomic E-state index is 9.74. The Morgan fingerprint density at radius 2 is 1.94 bits per heavy atom. The maximum Gasteiger partial charge on any atom is 0.138 e. The quantitative estimate of drug-likeness (QED) is 0.474. The van der Waals surface area contributed by atoms with E-state index in [0.717, 1.165) is 46.3 Å². The molecule has 3 heterocycles. The highest BCUT2D eigenvalue weighted by Crippen LogP contribution is 2.34. The summed E-state index contributed by atoms with van der Waals surface area (Å²) in [6.45, 7) is 3.50. The van der Waals surface area contributed by atoms with Crippen LogP contribution in [0.2, 0.25) is 0 Å². The molecule has 2 aromatic heterocycles. The Kier molecular flexibility index (Phi) is 5.15. The summed E-state index contributed by atoms with van der Waals surface area (Å²) in [5.41, 5.74) is 6.74. The van der Waals surface area contributed by atoms with E-state index in [1.807, 2.05) is 24.3 Å². The molecule has 0 atom stereocenters. The molecule has 1 aliphatic rings. The van der Waals surface area contributed by atoms with Crippen molar-refractivity contribution < 1.29 is 9.47 Å². The zero-order chi connectivity index (χ0) is 21.2. The molecule has 154 valence electrons. The van der Waals surface area contributed by atoms with Gasteiger partial charge in [0.05, 0.1) is 18.8 Å². The van der Waals surface area contributed by atoms with E-state index in [4.69, 9.17) is 9.47 Å². The van der Waals surface area contributed by atoms with Crippen LogP contribution < -0.4 is 4.74 Å². The summed E-state index contributed by atoms with van der Waals surface area (Å²) < 4.78 is 11.5. The first-order valence-corrected chi connectivity index (χ1v) is 10.5. The first-order chi connectivity index (χ1) is 15.2. The van der Waals surface area contributed by atoms with E-state index < -0.39 is 0 Å². The van der Waals surface area contributed by atoms with Crippen molar-refractivity contribution in [3.05, 3.63) is 71.9 Å². The standard InChI is InChI=1S/C26H23N3O2/c1-17-3-2-4-19(13-17)24-15-23-22(7-10-28-26(23)29-24)18-5-6-25(20(14-18)16-27)31-21-8-11-30-12-9-21/h2-7,10,13-15,21H,8-9,11-12H2,1H3,(H,28,29). The van der Waals surface area contributed by atoms with Crippen LogP contribution in [0.1, 0.15) is 24.0 Å². The fourth-order valence-electron chi connectivity index (χ4n) is 4.11. The van der Waals surface area contributed by atoms with Gasteiger partial charge in [0.1, 0.15) is 23.6 Å². The number of aromatic amines is 1. The van der Waals surface area contributed by atoms with Crippen LogP contribution in [0.3, 0.4) is 0 Å². The third-order valence-corrected chi connectivity index (χ3v) is 5.73. The zero-order valence-corrected chi connectivity index (χ0v) is 17.4. The average molecular weight is 409 g/mol. The zero-order valence-electron chi connectivity index (χ0n) is 17.4. The van der Waals surface area contributed by atoms with Gasteiger partial charge >= 0.3 is 0 Å². The fraction of sp³-hybridized carbons (Fsp3) is 0.231. The van der Waals surface area contributed by atoms with Crippen molar-refractivity contribution in [2.24, 2.45) is 0 Å². The lowest BCUT2D eigenvalue weighted by atomic mass is 10.0. The second-order valence-corrected chi connectivity index (χ2v) is 7.93. The van der Waals surface area contributed by atoms with Gasteiger partial charge in [-0.1, -0.05) is 29.8 Å². The summed E-state index contributed by atoms with van der Waals surface area (Å²) in [7, 11) is 0. The number of nitriles is 1. The SMILES string of the molecule is Cc1cccc(-c2cc3c(-c4ccc(OC5CCOCC5)c(C#N)c4)ccnc3[nH]2)c1. The number of nitrogens with zero attached hydrogens (tertiary/aromatic N) is 2. The average Bonchev–Trinajstić information content (AvgIpc) is 3.25. The van der Waals surface area contributed by atoms with Gasteiger partial charge in [0.2, 0.25) is 0 Å². The highest BCUT2D eigenvalue weighted by molar-refractivity contribution is 5.96. The lowest BCUT2D eigenvalue weighted by Gasteiger charge is -2.23. The minimum Gasteiger partial charge on any atom is -0.489 e. The van der Waals surface area contributed by atoms with Crippen LogP contribution in [-0.2, 0) is 4.74 Å². The topological polar surface area (TPSA) is 70.9 Å². The lowest BCUT2D eigenvalue weighted by Crippen LogP contribution is -2.26. The predicted octanol–water partition coefficient (Wildman–Crippen LogP) is 5.63. The van der Waals surface area contributed by atoms with Crippen LogP contribution in [-0.4, -0.2) is 29.3 Å². The number of H-pyrrole nitrogens is 1. The second-order valence-electron chi connectivity index (χ2n) is 7.93. The van der Waals surface area contributed by atoms with Gasteiger partial charge in [-0.15, -0.1) is 0 Å². The van der Waals surface area contributed by atoms with Crippen LogP contribution in [0.5, 0.6) is 5.75 Å². The number of nitrogens with one attached hydrogen (secondary N) is 1. The van der Waals surface area contributed by atoms with Crippen molar-refractivity contribution in [3.8, 4) is 34.2 Å². The Hall–Kier alpha value is -3.62. The van der Waals surface area contributed by atoms with E-state index in [1.54, 1.807) is 6.20 Å². The van der Waals surface area contributed by atoms with E-state index >= 15 is 0 Å². The molecule has 1 aliphatic heterocycles. The summed E-state index contributed by atoms with van der Waals surface area (Å²) >= 11 is 0. The van der Waals surface area contributed by atoms with Gasteiger partial charge < -0.3 is 14.5 Å². The van der Waals surface area contributed by atoms with Crippen LogP contribution >= 0.6 is 0 Å². The van der Waals surface area contributed by atoms with E-state index in [1.165, 1.54) is 5.56 Å². The first kappa shape index (κ1) is 19.3. The second kappa shape index (κ2) is 8.25. The summed E-state index contributed by atoms with van der Waals surface area (Å²) in [5, 5.41) is 10.8. The molecule has 0 aliphatic carbocycles. The lowest BCUT2D eigenvalue weighted by molar-refractivity contribution is 0.0254. The van der Waals surface area contributed by atoms with E-state index in [9.17, 15) is 5.26 Å². The maximum absolute atomic E-state index is 9.74. The molecular weight excluding hydrogens is 386 g/mol. The number of hydrogen-bond donors (Lipinski definition) is 1. The molecule has 2 aromatic carbocycles. The number of aryl methyl sites for hydroxylation is 1. The molecule has 0 saturated carbocycles. The van der Waals surface area contributed by atoms with Gasteiger partial charge in [-0.2, -0.15) is 5.26 Å². The number of hydrogen-bond acceptors (Lipinski definition) is 4. The molecule has 31 heavy (non-hydrogen) atoms. The predicted molar refractivity (Wildman–Crippen MR) is 121 cm³/mol. The van der Waals surface area contributed by atoms with Gasteiger partial charge in [-0.25, -0.2) is 4.98 Å². The van der Waals surface area contributed by atoms with E-state index in [0.29, 0.717) is 24.5 Å². The number of fused-ring (bicyclic) bond motifs is 1. The normalized spacial score (nSPS) is 14.5. The number of ether oxygens (including phenoxy) is 2. The molecule has 0 unspecified atom stereocenters. The van der Waals surface area contributed by atoms with Crippen molar-refractivity contribution in [1.82, 2.24) is 9.97 Å². The Bertz CT molecular complexity index is 1280. The molecule has 5 heteroatoms. The number of aromatic nitrogens is 2. The van der Waals surface area contributed by atoms with Crippen LogP contribution in [0, 0.1) is 18.3 Å². The largest absolute Gasteiger partial charge is 0.489 e. The Morgan fingerprint density at radius 1 is 1.06 bits per heavy atom. The van der Waals surface area contributed by atoms with Crippen LogP contribution in [0.4, 0.5) is 0 Å². The Labute approximate surface area is 181 Å². The van der Waals surface area contributed by atoms with Crippen molar-refractivity contribution in [2.45, 2.75) is 25.9 Å². The fourth-order valence-corrected chi connectivity index (χ4v) is 4.11. The smallest absolute Gasteiger partial charge is 0.138 e. The summed E-state index contributed by atoms with van der Waals surface area (Å²) in [4.78, 5) is 7.95. The third-order valence-electron chi connectivity index (χ3n) is 5.73. The molecule has 0 spiro atoms.